The number of hydroxylamine groups is 2. The lowest BCUT2D eigenvalue weighted by molar-refractivity contribution is -0.170. The number of aromatic nitrogens is 2. The number of nitrogens with one attached hydrogen (secondary N) is 1. The molecular formula is C11H16N4O4. The zero-order valence-electron chi connectivity index (χ0n) is 10.7. The topological polar surface area (TPSA) is 96.7 Å². The van der Waals surface area contributed by atoms with Gasteiger partial charge in [-0.05, 0) is 6.07 Å². The second-order valence-corrected chi connectivity index (χ2v) is 4.36. The largest absolute Gasteiger partial charge is 0.395 e. The average Bonchev–Trinajstić information content (AvgIpc) is 2.69. The van der Waals surface area contributed by atoms with Gasteiger partial charge in [0.05, 0.1) is 12.6 Å². The van der Waals surface area contributed by atoms with Crippen LogP contribution < -0.4 is 11.0 Å². The summed E-state index contributed by atoms with van der Waals surface area (Å²) in [4.78, 5) is 31.9. The summed E-state index contributed by atoms with van der Waals surface area (Å²) in [7, 11) is 1.70. The van der Waals surface area contributed by atoms with Crippen LogP contribution in [-0.2, 0) is 9.63 Å². The average molecular weight is 268 g/mol. The smallest absolute Gasteiger partial charge is 0.351 e. The molecule has 2 rings (SSSR count). The Morgan fingerprint density at radius 3 is 2.95 bits per heavy atom. The minimum absolute atomic E-state index is 0.0425. The first kappa shape index (κ1) is 13.7. The third-order valence-corrected chi connectivity index (χ3v) is 2.93. The molecule has 0 aliphatic carbocycles. The third-order valence-electron chi connectivity index (χ3n) is 2.93. The van der Waals surface area contributed by atoms with E-state index in [1.807, 2.05) is 0 Å². The molecule has 2 atom stereocenters. The van der Waals surface area contributed by atoms with Gasteiger partial charge in [0.2, 0.25) is 5.91 Å². The van der Waals surface area contributed by atoms with E-state index in [4.69, 9.17) is 9.94 Å². The molecule has 0 bridgehead atoms. The number of anilines is 1. The highest BCUT2D eigenvalue weighted by molar-refractivity contribution is 5.87. The number of rotatable bonds is 3. The Kier molecular flexibility index (Phi) is 3.93. The third kappa shape index (κ3) is 2.98. The fraction of sp³-hybridized carbons (Fsp3) is 0.545. The molecule has 0 unspecified atom stereocenters. The summed E-state index contributed by atoms with van der Waals surface area (Å²) in [6.07, 6.45) is 1.51. The maximum Gasteiger partial charge on any atom is 0.351 e. The van der Waals surface area contributed by atoms with Crippen LogP contribution >= 0.6 is 0 Å². The van der Waals surface area contributed by atoms with Crippen molar-refractivity contribution >= 4 is 11.7 Å². The summed E-state index contributed by atoms with van der Waals surface area (Å²) in [5, 5.41) is 13.1. The van der Waals surface area contributed by atoms with Crippen molar-refractivity contribution in [2.75, 3.05) is 19.0 Å². The van der Waals surface area contributed by atoms with E-state index in [-0.39, 0.29) is 24.4 Å². The van der Waals surface area contributed by atoms with Gasteiger partial charge in [-0.3, -0.25) is 14.2 Å². The van der Waals surface area contributed by atoms with E-state index in [1.54, 1.807) is 7.05 Å². The number of likely N-dealkylation sites (N-methyl/N-ethyl adjacent to an activating group) is 1. The van der Waals surface area contributed by atoms with Gasteiger partial charge in [0.25, 0.3) is 0 Å². The number of carbonyl (C=O) groups is 1. The van der Waals surface area contributed by atoms with Crippen LogP contribution in [0.5, 0.6) is 0 Å². The molecule has 1 amide bonds. The lowest BCUT2D eigenvalue weighted by Crippen LogP contribution is -2.28. The van der Waals surface area contributed by atoms with E-state index < -0.39 is 11.9 Å². The van der Waals surface area contributed by atoms with Crippen molar-refractivity contribution < 1.29 is 14.7 Å². The molecule has 1 aliphatic heterocycles. The summed E-state index contributed by atoms with van der Waals surface area (Å²) in [6, 6.07) is 1.38. The van der Waals surface area contributed by atoms with Crippen molar-refractivity contribution in [3.05, 3.63) is 22.7 Å². The number of hydrogen-bond acceptors (Lipinski definition) is 6. The van der Waals surface area contributed by atoms with Crippen LogP contribution in [0.15, 0.2) is 17.1 Å². The molecule has 0 saturated carbocycles. The molecule has 19 heavy (non-hydrogen) atoms. The second-order valence-electron chi connectivity index (χ2n) is 4.36. The Hall–Kier alpha value is -1.77. The van der Waals surface area contributed by atoms with Gasteiger partial charge in [-0.1, -0.05) is 0 Å². The van der Waals surface area contributed by atoms with E-state index in [2.05, 4.69) is 10.3 Å². The molecule has 1 aromatic heterocycles. The number of hydrogen-bond donors (Lipinski definition) is 2. The summed E-state index contributed by atoms with van der Waals surface area (Å²) >= 11 is 0. The van der Waals surface area contributed by atoms with Gasteiger partial charge in [0.15, 0.2) is 6.23 Å². The molecule has 1 saturated heterocycles. The van der Waals surface area contributed by atoms with E-state index in [0.29, 0.717) is 6.42 Å². The zero-order valence-corrected chi connectivity index (χ0v) is 10.7. The normalized spacial score (nSPS) is 23.5. The van der Waals surface area contributed by atoms with E-state index in [1.165, 1.54) is 28.8 Å². The highest BCUT2D eigenvalue weighted by atomic mass is 16.7. The lowest BCUT2D eigenvalue weighted by atomic mass is 10.2. The van der Waals surface area contributed by atoms with Crippen molar-refractivity contribution in [2.24, 2.45) is 0 Å². The van der Waals surface area contributed by atoms with E-state index in [9.17, 15) is 9.59 Å². The summed E-state index contributed by atoms with van der Waals surface area (Å²) < 4.78 is 1.33. The summed E-state index contributed by atoms with van der Waals surface area (Å²) in [5.41, 5.74) is -0.511. The van der Waals surface area contributed by atoms with Crippen LogP contribution in [0, 0.1) is 0 Å². The molecule has 104 valence electrons. The molecule has 2 heterocycles. The van der Waals surface area contributed by atoms with Crippen molar-refractivity contribution in [2.45, 2.75) is 25.6 Å². The maximum atomic E-state index is 11.8. The van der Waals surface area contributed by atoms with Gasteiger partial charge >= 0.3 is 5.69 Å². The Bertz CT molecular complexity index is 530. The number of carbonyl (C=O) groups excluding carboxylic acids is 1. The van der Waals surface area contributed by atoms with Crippen molar-refractivity contribution in [3.8, 4) is 0 Å². The molecule has 8 nitrogen and oxygen atoms in total. The molecule has 0 aromatic carbocycles. The predicted octanol–water partition coefficient (Wildman–Crippen LogP) is -0.672. The molecule has 1 aromatic rings. The van der Waals surface area contributed by atoms with Crippen LogP contribution in [0.2, 0.25) is 0 Å². The van der Waals surface area contributed by atoms with E-state index >= 15 is 0 Å². The zero-order chi connectivity index (χ0) is 14.0. The van der Waals surface area contributed by atoms with Crippen LogP contribution in [-0.4, -0.2) is 45.3 Å². The highest BCUT2D eigenvalue weighted by Gasteiger charge is 2.32. The quantitative estimate of drug-likeness (QED) is 0.754. The number of nitrogens with zero attached hydrogens (tertiary/aromatic N) is 3. The molecule has 8 heteroatoms. The van der Waals surface area contributed by atoms with E-state index in [0.717, 1.165) is 0 Å². The first-order chi connectivity index (χ1) is 9.01. The number of aliphatic hydroxyl groups is 1. The monoisotopic (exact) mass is 268 g/mol. The molecule has 0 spiro atoms. The Morgan fingerprint density at radius 2 is 2.42 bits per heavy atom. The van der Waals surface area contributed by atoms with Crippen molar-refractivity contribution in [1.29, 1.82) is 0 Å². The van der Waals surface area contributed by atoms with Crippen LogP contribution in [0.1, 0.15) is 19.6 Å². The molecule has 1 aliphatic rings. The Labute approximate surface area is 109 Å². The fourth-order valence-electron chi connectivity index (χ4n) is 1.94. The summed E-state index contributed by atoms with van der Waals surface area (Å²) in [5.74, 6) is -0.0827. The van der Waals surface area contributed by atoms with Crippen molar-refractivity contribution in [1.82, 2.24) is 14.6 Å². The highest BCUT2D eigenvalue weighted by Crippen LogP contribution is 2.26. The predicted molar refractivity (Wildman–Crippen MR) is 66.2 cm³/mol. The molecule has 0 radical (unpaired) electrons. The fourth-order valence-corrected chi connectivity index (χ4v) is 1.94. The molecule has 1 fully saturated rings. The van der Waals surface area contributed by atoms with Gasteiger partial charge < -0.3 is 10.4 Å². The van der Waals surface area contributed by atoms with Crippen LogP contribution in [0.25, 0.3) is 0 Å². The minimum atomic E-state index is -0.511. The van der Waals surface area contributed by atoms with Gasteiger partial charge in [0, 0.05) is 26.6 Å². The van der Waals surface area contributed by atoms with Crippen molar-refractivity contribution in [3.63, 3.8) is 0 Å². The standard InChI is InChI=1S/C11H16N4O4/c1-7(17)12-9-3-4-15(11(18)13-9)10-5-8(6-16)14(2)19-10/h3-4,8,10,16H,5-6H2,1-2H3,(H,12,13,17,18)/t8-,10+/m1/s1. The Balaban J connectivity index is 2.18. The Morgan fingerprint density at radius 1 is 1.68 bits per heavy atom. The van der Waals surface area contributed by atoms with Crippen LogP contribution in [0.3, 0.4) is 0 Å². The minimum Gasteiger partial charge on any atom is -0.395 e. The lowest BCUT2D eigenvalue weighted by Gasteiger charge is -2.15. The number of amides is 1. The first-order valence-electron chi connectivity index (χ1n) is 5.88. The summed E-state index contributed by atoms with van der Waals surface area (Å²) in [6.45, 7) is 1.30. The number of aliphatic hydroxyl groups excluding tert-OH is 1. The SMILES string of the molecule is CC(=O)Nc1ccn([C@@H]2C[C@H](CO)N(C)O2)c(=O)n1. The maximum absolute atomic E-state index is 11.8. The van der Waals surface area contributed by atoms with Gasteiger partial charge in [-0.2, -0.15) is 10.0 Å². The van der Waals surface area contributed by atoms with Gasteiger partial charge in [0.1, 0.15) is 5.82 Å². The van der Waals surface area contributed by atoms with Gasteiger partial charge in [-0.15, -0.1) is 0 Å². The first-order valence-corrected chi connectivity index (χ1v) is 5.88. The molecule has 2 N–H and O–H groups in total. The van der Waals surface area contributed by atoms with Crippen LogP contribution in [0.4, 0.5) is 5.82 Å². The second kappa shape index (κ2) is 5.47. The molecular weight excluding hydrogens is 252 g/mol. The van der Waals surface area contributed by atoms with Gasteiger partial charge in [-0.25, -0.2) is 4.79 Å².